The second kappa shape index (κ2) is 6.98. The molecule has 1 aromatic rings. The molecular weight excluding hydrogens is 210 g/mol. The summed E-state index contributed by atoms with van der Waals surface area (Å²) >= 11 is 0. The Morgan fingerprint density at radius 2 is 2.24 bits per heavy atom. The van der Waals surface area contributed by atoms with E-state index in [0.717, 1.165) is 25.0 Å². The van der Waals surface area contributed by atoms with Crippen molar-refractivity contribution in [2.24, 2.45) is 0 Å². The Bertz CT molecular complexity index is 392. The van der Waals surface area contributed by atoms with Gasteiger partial charge >= 0.3 is 0 Å². The molecule has 0 heterocycles. The molecule has 0 saturated heterocycles. The van der Waals surface area contributed by atoms with Gasteiger partial charge in [0, 0.05) is 18.0 Å². The van der Waals surface area contributed by atoms with Gasteiger partial charge in [-0.2, -0.15) is 0 Å². The minimum Gasteiger partial charge on any atom is -0.496 e. The highest BCUT2D eigenvalue weighted by Crippen LogP contribution is 2.29. The van der Waals surface area contributed by atoms with Crippen molar-refractivity contribution in [2.75, 3.05) is 14.2 Å². The summed E-state index contributed by atoms with van der Waals surface area (Å²) < 4.78 is 5.41. The zero-order valence-corrected chi connectivity index (χ0v) is 10.9. The molecule has 1 atom stereocenters. The van der Waals surface area contributed by atoms with Crippen LogP contribution in [-0.4, -0.2) is 14.2 Å². The zero-order chi connectivity index (χ0) is 12.7. The zero-order valence-electron chi connectivity index (χ0n) is 10.9. The first-order valence-electron chi connectivity index (χ1n) is 5.98. The summed E-state index contributed by atoms with van der Waals surface area (Å²) in [4.78, 5) is 0. The molecule has 0 aliphatic heterocycles. The van der Waals surface area contributed by atoms with Crippen molar-refractivity contribution in [3.63, 3.8) is 0 Å². The maximum Gasteiger partial charge on any atom is 0.123 e. The Kier molecular flexibility index (Phi) is 5.59. The maximum absolute atomic E-state index is 5.41. The Balaban J connectivity index is 2.86. The third-order valence-corrected chi connectivity index (χ3v) is 2.92. The summed E-state index contributed by atoms with van der Waals surface area (Å²) in [7, 11) is 3.69. The lowest BCUT2D eigenvalue weighted by atomic mass is 9.98. The highest BCUT2D eigenvalue weighted by atomic mass is 16.5. The molecule has 1 aromatic carbocycles. The molecule has 1 rings (SSSR count). The van der Waals surface area contributed by atoms with Crippen molar-refractivity contribution >= 4 is 0 Å². The van der Waals surface area contributed by atoms with Crippen LogP contribution in [0.4, 0.5) is 0 Å². The average Bonchev–Trinajstić information content (AvgIpc) is 2.35. The first kappa shape index (κ1) is 13.6. The minimum atomic E-state index is 0.304. The van der Waals surface area contributed by atoms with Crippen LogP contribution in [0.25, 0.3) is 0 Å². The molecular formula is C15H21NO. The predicted octanol–water partition coefficient (Wildman–Crippen LogP) is 3.07. The van der Waals surface area contributed by atoms with Gasteiger partial charge in [-0.1, -0.05) is 17.7 Å². The molecule has 0 aromatic heterocycles. The van der Waals surface area contributed by atoms with Crippen LogP contribution in [0.1, 0.15) is 36.4 Å². The largest absolute Gasteiger partial charge is 0.496 e. The lowest BCUT2D eigenvalue weighted by Gasteiger charge is -2.19. The molecule has 0 bridgehead atoms. The Hall–Kier alpha value is -1.46. The lowest BCUT2D eigenvalue weighted by molar-refractivity contribution is 0.397. The molecule has 1 unspecified atom stereocenters. The van der Waals surface area contributed by atoms with E-state index in [-0.39, 0.29) is 0 Å². The van der Waals surface area contributed by atoms with Crippen molar-refractivity contribution in [3.05, 3.63) is 29.3 Å². The third-order valence-electron chi connectivity index (χ3n) is 2.92. The Morgan fingerprint density at radius 1 is 1.47 bits per heavy atom. The molecule has 0 aliphatic rings. The van der Waals surface area contributed by atoms with E-state index in [2.05, 4.69) is 30.3 Å². The normalized spacial score (nSPS) is 11.9. The fourth-order valence-corrected chi connectivity index (χ4v) is 1.99. The predicted molar refractivity (Wildman–Crippen MR) is 72.2 cm³/mol. The van der Waals surface area contributed by atoms with Crippen molar-refractivity contribution in [2.45, 2.75) is 32.2 Å². The molecule has 2 nitrogen and oxygen atoms in total. The maximum atomic E-state index is 5.41. The first-order chi connectivity index (χ1) is 8.22. The number of benzene rings is 1. The van der Waals surface area contributed by atoms with Crippen LogP contribution in [0.2, 0.25) is 0 Å². The van der Waals surface area contributed by atoms with Crippen LogP contribution in [-0.2, 0) is 0 Å². The molecule has 0 aliphatic carbocycles. The van der Waals surface area contributed by atoms with Crippen molar-refractivity contribution in [1.82, 2.24) is 5.32 Å². The SMILES string of the molecule is C#CCCCC(NC)c1cc(C)ccc1OC. The number of terminal acetylenes is 1. The number of rotatable bonds is 6. The molecule has 17 heavy (non-hydrogen) atoms. The number of nitrogens with one attached hydrogen (secondary N) is 1. The van der Waals surface area contributed by atoms with Crippen molar-refractivity contribution in [3.8, 4) is 18.1 Å². The average molecular weight is 231 g/mol. The van der Waals surface area contributed by atoms with E-state index >= 15 is 0 Å². The van der Waals surface area contributed by atoms with E-state index in [1.807, 2.05) is 13.1 Å². The number of methoxy groups -OCH3 is 1. The summed E-state index contributed by atoms with van der Waals surface area (Å²) in [5, 5.41) is 3.33. The van der Waals surface area contributed by atoms with Crippen LogP contribution in [0.3, 0.4) is 0 Å². The van der Waals surface area contributed by atoms with Crippen molar-refractivity contribution < 1.29 is 4.74 Å². The summed E-state index contributed by atoms with van der Waals surface area (Å²) in [6.07, 6.45) is 8.16. The van der Waals surface area contributed by atoms with Gasteiger partial charge in [-0.05, 0) is 32.9 Å². The summed E-state index contributed by atoms with van der Waals surface area (Å²) in [5.74, 6) is 3.62. The minimum absolute atomic E-state index is 0.304. The number of unbranched alkanes of at least 4 members (excludes halogenated alkanes) is 1. The highest BCUT2D eigenvalue weighted by Gasteiger charge is 2.13. The Labute approximate surface area is 104 Å². The molecule has 92 valence electrons. The summed E-state index contributed by atoms with van der Waals surface area (Å²) in [6, 6.07) is 6.57. The quantitative estimate of drug-likeness (QED) is 0.600. The molecule has 0 saturated carbocycles. The van der Waals surface area contributed by atoms with Gasteiger partial charge in [0.05, 0.1) is 7.11 Å². The molecule has 0 radical (unpaired) electrons. The highest BCUT2D eigenvalue weighted by molar-refractivity contribution is 5.39. The second-order valence-corrected chi connectivity index (χ2v) is 4.18. The fraction of sp³-hybridized carbons (Fsp3) is 0.467. The van der Waals surface area contributed by atoms with E-state index in [4.69, 9.17) is 11.2 Å². The van der Waals surface area contributed by atoms with Crippen LogP contribution >= 0.6 is 0 Å². The first-order valence-corrected chi connectivity index (χ1v) is 5.98. The third kappa shape index (κ3) is 3.80. The van der Waals surface area contributed by atoms with Crippen LogP contribution in [0.15, 0.2) is 18.2 Å². The van der Waals surface area contributed by atoms with Crippen LogP contribution in [0.5, 0.6) is 5.75 Å². The van der Waals surface area contributed by atoms with Gasteiger partial charge < -0.3 is 10.1 Å². The smallest absolute Gasteiger partial charge is 0.123 e. The van der Waals surface area contributed by atoms with Gasteiger partial charge in [-0.15, -0.1) is 12.3 Å². The van der Waals surface area contributed by atoms with E-state index in [1.54, 1.807) is 7.11 Å². The topological polar surface area (TPSA) is 21.3 Å². The molecule has 2 heteroatoms. The van der Waals surface area contributed by atoms with Gasteiger partial charge in [0.2, 0.25) is 0 Å². The molecule has 0 amide bonds. The van der Waals surface area contributed by atoms with E-state index < -0.39 is 0 Å². The molecule has 1 N–H and O–H groups in total. The second-order valence-electron chi connectivity index (χ2n) is 4.18. The lowest BCUT2D eigenvalue weighted by Crippen LogP contribution is -2.17. The molecule has 0 fully saturated rings. The number of hydrogen-bond donors (Lipinski definition) is 1. The standard InChI is InChI=1S/C15H21NO/c1-5-6-7-8-14(16-3)13-11-12(2)9-10-15(13)17-4/h1,9-11,14,16H,6-8H2,2-4H3. The van der Waals surface area contributed by atoms with Gasteiger partial charge in [-0.25, -0.2) is 0 Å². The number of aryl methyl sites for hydroxylation is 1. The number of hydrogen-bond acceptors (Lipinski definition) is 2. The van der Waals surface area contributed by atoms with Gasteiger partial charge in [0.1, 0.15) is 5.75 Å². The van der Waals surface area contributed by atoms with Gasteiger partial charge in [0.15, 0.2) is 0 Å². The monoisotopic (exact) mass is 231 g/mol. The number of ether oxygens (including phenoxy) is 1. The Morgan fingerprint density at radius 3 is 2.82 bits per heavy atom. The summed E-state index contributed by atoms with van der Waals surface area (Å²) in [6.45, 7) is 2.09. The van der Waals surface area contributed by atoms with Crippen molar-refractivity contribution in [1.29, 1.82) is 0 Å². The van der Waals surface area contributed by atoms with Gasteiger partial charge in [-0.3, -0.25) is 0 Å². The van der Waals surface area contributed by atoms with Crippen LogP contribution in [0, 0.1) is 19.3 Å². The summed E-state index contributed by atoms with van der Waals surface area (Å²) in [5.41, 5.74) is 2.46. The van der Waals surface area contributed by atoms with Crippen LogP contribution < -0.4 is 10.1 Å². The molecule has 0 spiro atoms. The van der Waals surface area contributed by atoms with E-state index in [1.165, 1.54) is 11.1 Å². The van der Waals surface area contributed by atoms with E-state index in [9.17, 15) is 0 Å². The van der Waals surface area contributed by atoms with E-state index in [0.29, 0.717) is 6.04 Å². The fourth-order valence-electron chi connectivity index (χ4n) is 1.99. The van der Waals surface area contributed by atoms with Gasteiger partial charge in [0.25, 0.3) is 0 Å².